The highest BCUT2D eigenvalue weighted by Crippen LogP contribution is 2.26. The summed E-state index contributed by atoms with van der Waals surface area (Å²) in [6.07, 6.45) is 5.30. The SMILES string of the molecule is Cc1nc(CN2CCC(C(=O)N3CCCCC3C(C)N)CC2)cs1. The molecule has 2 N–H and O–H groups in total. The summed E-state index contributed by atoms with van der Waals surface area (Å²) in [7, 11) is 0. The highest BCUT2D eigenvalue weighted by atomic mass is 32.1. The molecule has 1 aromatic heterocycles. The highest BCUT2D eigenvalue weighted by Gasteiger charge is 2.34. The summed E-state index contributed by atoms with van der Waals surface area (Å²) in [5.74, 6) is 0.527. The molecule has 2 unspecified atom stereocenters. The Labute approximate surface area is 149 Å². The molecule has 0 saturated carbocycles. The fourth-order valence-electron chi connectivity index (χ4n) is 4.06. The predicted octanol–water partition coefficient (Wildman–Crippen LogP) is 2.39. The Morgan fingerprint density at radius 2 is 2.08 bits per heavy atom. The third kappa shape index (κ3) is 4.16. The molecular formula is C18H30N4OS. The van der Waals surface area contributed by atoms with Crippen LogP contribution in [0.4, 0.5) is 0 Å². The van der Waals surface area contributed by atoms with Gasteiger partial charge in [0.15, 0.2) is 0 Å². The molecular weight excluding hydrogens is 320 g/mol. The number of nitrogens with zero attached hydrogens (tertiary/aromatic N) is 3. The van der Waals surface area contributed by atoms with Gasteiger partial charge in [0.1, 0.15) is 0 Å². The van der Waals surface area contributed by atoms with E-state index in [0.717, 1.165) is 62.6 Å². The van der Waals surface area contributed by atoms with Gasteiger partial charge in [0.2, 0.25) is 5.91 Å². The second kappa shape index (κ2) is 7.93. The largest absolute Gasteiger partial charge is 0.338 e. The first-order chi connectivity index (χ1) is 11.5. The van der Waals surface area contributed by atoms with Crippen LogP contribution in [0.15, 0.2) is 5.38 Å². The van der Waals surface area contributed by atoms with Crippen LogP contribution in [0.5, 0.6) is 0 Å². The van der Waals surface area contributed by atoms with E-state index in [1.807, 2.05) is 13.8 Å². The molecule has 2 aliphatic heterocycles. The number of carbonyl (C=O) groups excluding carboxylic acids is 1. The lowest BCUT2D eigenvalue weighted by Crippen LogP contribution is -2.54. The van der Waals surface area contributed by atoms with Crippen LogP contribution in [0.3, 0.4) is 0 Å². The first kappa shape index (κ1) is 17.8. The van der Waals surface area contributed by atoms with Crippen LogP contribution in [0.2, 0.25) is 0 Å². The van der Waals surface area contributed by atoms with Crippen LogP contribution in [-0.2, 0) is 11.3 Å². The van der Waals surface area contributed by atoms with E-state index in [9.17, 15) is 4.79 Å². The van der Waals surface area contributed by atoms with Gasteiger partial charge in [0.25, 0.3) is 0 Å². The summed E-state index contributed by atoms with van der Waals surface area (Å²) < 4.78 is 0. The number of carbonyl (C=O) groups is 1. The van der Waals surface area contributed by atoms with Gasteiger partial charge in [-0.2, -0.15) is 0 Å². The van der Waals surface area contributed by atoms with Crippen molar-refractivity contribution in [3.8, 4) is 0 Å². The maximum Gasteiger partial charge on any atom is 0.226 e. The quantitative estimate of drug-likeness (QED) is 0.906. The number of hydrogen-bond donors (Lipinski definition) is 1. The van der Waals surface area contributed by atoms with Gasteiger partial charge in [-0.25, -0.2) is 4.98 Å². The number of likely N-dealkylation sites (tertiary alicyclic amines) is 2. The van der Waals surface area contributed by atoms with Crippen molar-refractivity contribution in [3.05, 3.63) is 16.1 Å². The van der Waals surface area contributed by atoms with Crippen molar-refractivity contribution in [2.75, 3.05) is 19.6 Å². The fraction of sp³-hybridized carbons (Fsp3) is 0.778. The van der Waals surface area contributed by atoms with Gasteiger partial charge in [-0.05, 0) is 59.0 Å². The van der Waals surface area contributed by atoms with Crippen LogP contribution >= 0.6 is 11.3 Å². The molecule has 6 heteroatoms. The van der Waals surface area contributed by atoms with Gasteiger partial charge in [0.05, 0.1) is 10.7 Å². The lowest BCUT2D eigenvalue weighted by molar-refractivity contribution is -0.141. The van der Waals surface area contributed by atoms with Gasteiger partial charge in [-0.1, -0.05) is 0 Å². The summed E-state index contributed by atoms with van der Waals surface area (Å²) in [6.45, 7) is 7.87. The van der Waals surface area contributed by atoms with E-state index in [1.165, 1.54) is 6.42 Å². The number of nitrogens with two attached hydrogens (primary N) is 1. The molecule has 5 nitrogen and oxygen atoms in total. The van der Waals surface area contributed by atoms with E-state index in [2.05, 4.69) is 20.2 Å². The first-order valence-electron chi connectivity index (χ1n) is 9.24. The minimum atomic E-state index is 0.0715. The molecule has 0 aromatic carbocycles. The van der Waals surface area contributed by atoms with Crippen LogP contribution in [0.1, 0.15) is 49.7 Å². The average Bonchev–Trinajstić information content (AvgIpc) is 3.00. The topological polar surface area (TPSA) is 62.5 Å². The van der Waals surface area contributed by atoms with Crippen molar-refractivity contribution in [2.24, 2.45) is 11.7 Å². The summed E-state index contributed by atoms with van der Waals surface area (Å²) in [5, 5.41) is 3.27. The standard InChI is InChI=1S/C18H30N4OS/c1-13(19)17-5-3-4-8-22(17)18(23)15-6-9-21(10-7-15)11-16-12-24-14(2)20-16/h12-13,15,17H,3-11,19H2,1-2H3. The molecule has 0 aliphatic carbocycles. The van der Waals surface area contributed by atoms with E-state index in [-0.39, 0.29) is 18.0 Å². The third-order valence-corrected chi connectivity index (χ3v) is 6.25. The molecule has 1 amide bonds. The number of aromatic nitrogens is 1. The van der Waals surface area contributed by atoms with Crippen molar-refractivity contribution in [1.29, 1.82) is 0 Å². The van der Waals surface area contributed by atoms with Crippen molar-refractivity contribution in [1.82, 2.24) is 14.8 Å². The fourth-order valence-corrected chi connectivity index (χ4v) is 4.66. The average molecular weight is 351 g/mol. The zero-order valence-electron chi connectivity index (χ0n) is 14.9. The molecule has 3 heterocycles. The molecule has 1 aromatic rings. The lowest BCUT2D eigenvalue weighted by Gasteiger charge is -2.41. The Balaban J connectivity index is 1.52. The molecule has 2 fully saturated rings. The van der Waals surface area contributed by atoms with Crippen molar-refractivity contribution in [2.45, 2.75) is 64.6 Å². The summed E-state index contributed by atoms with van der Waals surface area (Å²) >= 11 is 1.71. The van der Waals surface area contributed by atoms with E-state index < -0.39 is 0 Å². The molecule has 24 heavy (non-hydrogen) atoms. The smallest absolute Gasteiger partial charge is 0.226 e. The zero-order chi connectivity index (χ0) is 17.1. The van der Waals surface area contributed by atoms with Crippen LogP contribution in [0.25, 0.3) is 0 Å². The maximum atomic E-state index is 13.0. The Hall–Kier alpha value is -0.980. The van der Waals surface area contributed by atoms with Gasteiger partial charge in [-0.15, -0.1) is 11.3 Å². The number of thiazole rings is 1. The molecule has 0 spiro atoms. The maximum absolute atomic E-state index is 13.0. The predicted molar refractivity (Wildman–Crippen MR) is 97.9 cm³/mol. The monoisotopic (exact) mass is 350 g/mol. The molecule has 2 atom stereocenters. The van der Waals surface area contributed by atoms with Crippen LogP contribution < -0.4 is 5.73 Å². The lowest BCUT2D eigenvalue weighted by atomic mass is 9.91. The van der Waals surface area contributed by atoms with Crippen LogP contribution in [-0.4, -0.2) is 52.4 Å². The molecule has 3 rings (SSSR count). The first-order valence-corrected chi connectivity index (χ1v) is 10.1. The molecule has 2 saturated heterocycles. The molecule has 0 bridgehead atoms. The Morgan fingerprint density at radius 1 is 1.33 bits per heavy atom. The summed E-state index contributed by atoms with van der Waals surface area (Å²) in [4.78, 5) is 22.1. The van der Waals surface area contributed by atoms with Gasteiger partial charge in [0, 0.05) is 36.5 Å². The zero-order valence-corrected chi connectivity index (χ0v) is 15.7. The Morgan fingerprint density at radius 3 is 2.71 bits per heavy atom. The number of aryl methyl sites for hydroxylation is 1. The van der Waals surface area contributed by atoms with Crippen molar-refractivity contribution in [3.63, 3.8) is 0 Å². The second-order valence-corrected chi connectivity index (χ2v) is 8.42. The number of amides is 1. The second-order valence-electron chi connectivity index (χ2n) is 7.36. The highest BCUT2D eigenvalue weighted by molar-refractivity contribution is 7.09. The van der Waals surface area contributed by atoms with E-state index in [1.54, 1.807) is 11.3 Å². The van der Waals surface area contributed by atoms with Gasteiger partial charge >= 0.3 is 0 Å². The number of hydrogen-bond acceptors (Lipinski definition) is 5. The Kier molecular flexibility index (Phi) is 5.89. The minimum absolute atomic E-state index is 0.0715. The molecule has 134 valence electrons. The third-order valence-electron chi connectivity index (χ3n) is 5.43. The van der Waals surface area contributed by atoms with Crippen molar-refractivity contribution < 1.29 is 4.79 Å². The van der Waals surface area contributed by atoms with Crippen LogP contribution in [0, 0.1) is 12.8 Å². The summed E-state index contributed by atoms with van der Waals surface area (Å²) in [6, 6.07) is 0.310. The van der Waals surface area contributed by atoms with E-state index >= 15 is 0 Å². The van der Waals surface area contributed by atoms with E-state index in [4.69, 9.17) is 5.73 Å². The number of rotatable bonds is 4. The van der Waals surface area contributed by atoms with E-state index in [0.29, 0.717) is 5.91 Å². The minimum Gasteiger partial charge on any atom is -0.338 e. The normalized spacial score (nSPS) is 25.0. The van der Waals surface area contributed by atoms with Gasteiger partial charge < -0.3 is 10.6 Å². The summed E-state index contributed by atoms with van der Waals surface area (Å²) in [5.41, 5.74) is 7.29. The number of piperidine rings is 2. The molecule has 0 radical (unpaired) electrons. The molecule has 2 aliphatic rings. The van der Waals surface area contributed by atoms with Gasteiger partial charge in [-0.3, -0.25) is 9.69 Å². The Bertz CT molecular complexity index is 551. The van der Waals surface area contributed by atoms with Crippen molar-refractivity contribution >= 4 is 17.2 Å².